The number of dihydropyridines is 1. The van der Waals surface area contributed by atoms with Crippen molar-refractivity contribution in [3.63, 3.8) is 0 Å². The summed E-state index contributed by atoms with van der Waals surface area (Å²) < 4.78 is 0. The van der Waals surface area contributed by atoms with Gasteiger partial charge in [-0.1, -0.05) is 36.4 Å². The molecule has 0 radical (unpaired) electrons. The lowest BCUT2D eigenvalue weighted by Crippen LogP contribution is -2.17. The van der Waals surface area contributed by atoms with E-state index in [0.717, 1.165) is 17.0 Å². The normalized spacial score (nSPS) is 13.8. The molecule has 4 rings (SSSR count). The van der Waals surface area contributed by atoms with Gasteiger partial charge in [-0.2, -0.15) is 5.26 Å². The molecule has 0 fully saturated rings. The van der Waals surface area contributed by atoms with Crippen molar-refractivity contribution in [2.24, 2.45) is 0 Å². The van der Waals surface area contributed by atoms with Crippen LogP contribution in [-0.4, -0.2) is 10.2 Å². The number of allylic oxidation sites excluding steroid dienone is 2. The van der Waals surface area contributed by atoms with Gasteiger partial charge in [-0.25, -0.2) is 0 Å². The maximum Gasteiger partial charge on any atom is 0.124 e. The van der Waals surface area contributed by atoms with Gasteiger partial charge < -0.3 is 15.5 Å². The summed E-state index contributed by atoms with van der Waals surface area (Å²) in [5.41, 5.74) is 4.50. The van der Waals surface area contributed by atoms with E-state index in [4.69, 9.17) is 5.26 Å². The van der Waals surface area contributed by atoms with Crippen LogP contribution >= 0.6 is 0 Å². The number of hydrogen-bond acceptors (Lipinski definition) is 4. The molecule has 0 atom stereocenters. The fourth-order valence-electron chi connectivity index (χ4n) is 3.32. The van der Waals surface area contributed by atoms with Gasteiger partial charge in [-0.05, 0) is 54.1 Å². The number of nitrogens with one attached hydrogen (secondary N) is 1. The molecule has 136 valence electrons. The summed E-state index contributed by atoms with van der Waals surface area (Å²) in [6, 6.07) is 23.8. The van der Waals surface area contributed by atoms with Crippen LogP contribution in [-0.2, 0) is 0 Å². The molecule has 4 heteroatoms. The smallest absolute Gasteiger partial charge is 0.124 e. The molecule has 1 aliphatic rings. The third-order valence-electron chi connectivity index (χ3n) is 4.77. The first-order chi connectivity index (χ1) is 13.7. The number of phenolic OH excluding ortho intramolecular Hbond substituents is 2. The van der Waals surface area contributed by atoms with Crippen LogP contribution < -0.4 is 5.32 Å². The second-order valence-electron chi connectivity index (χ2n) is 6.58. The molecule has 0 amide bonds. The zero-order chi connectivity index (χ0) is 19.5. The summed E-state index contributed by atoms with van der Waals surface area (Å²) in [7, 11) is 0. The lowest BCUT2D eigenvalue weighted by molar-refractivity contribution is 0.473. The van der Waals surface area contributed by atoms with Gasteiger partial charge in [0.1, 0.15) is 11.5 Å². The first-order valence-corrected chi connectivity index (χ1v) is 8.93. The number of rotatable bonds is 3. The number of hydrogen-bond donors (Lipinski definition) is 3. The van der Waals surface area contributed by atoms with Gasteiger partial charge in [0.25, 0.3) is 0 Å². The molecule has 3 N–H and O–H groups in total. The topological polar surface area (TPSA) is 76.3 Å². The van der Waals surface area contributed by atoms with Gasteiger partial charge >= 0.3 is 0 Å². The largest absolute Gasteiger partial charge is 0.507 e. The van der Waals surface area contributed by atoms with Crippen molar-refractivity contribution in [1.29, 1.82) is 5.26 Å². The second kappa shape index (κ2) is 7.34. The van der Waals surface area contributed by atoms with Crippen LogP contribution in [0.4, 0.5) is 0 Å². The Labute approximate surface area is 163 Å². The Bertz CT molecular complexity index is 1060. The van der Waals surface area contributed by atoms with Crippen LogP contribution in [0.5, 0.6) is 11.5 Å². The monoisotopic (exact) mass is 366 g/mol. The van der Waals surface area contributed by atoms with Gasteiger partial charge in [-0.15, -0.1) is 0 Å². The van der Waals surface area contributed by atoms with Crippen LogP contribution in [0.2, 0.25) is 0 Å². The van der Waals surface area contributed by atoms with Crippen LogP contribution in [0, 0.1) is 11.3 Å². The molecule has 0 aliphatic carbocycles. The molecule has 0 aromatic heterocycles. The predicted molar refractivity (Wildman–Crippen MR) is 109 cm³/mol. The third kappa shape index (κ3) is 3.34. The fourth-order valence-corrected chi connectivity index (χ4v) is 3.32. The minimum Gasteiger partial charge on any atom is -0.507 e. The van der Waals surface area contributed by atoms with Crippen LogP contribution in [0.25, 0.3) is 11.4 Å². The summed E-state index contributed by atoms with van der Waals surface area (Å²) in [5, 5.41) is 33.0. The highest BCUT2D eigenvalue weighted by atomic mass is 16.3. The van der Waals surface area contributed by atoms with Crippen LogP contribution in [0.15, 0.2) is 84.9 Å². The van der Waals surface area contributed by atoms with E-state index < -0.39 is 0 Å². The van der Waals surface area contributed by atoms with E-state index in [1.54, 1.807) is 36.4 Å². The first kappa shape index (κ1) is 17.4. The molecular weight excluding hydrogens is 348 g/mol. The minimum atomic E-state index is -0.0850. The number of para-hydroxylation sites is 2. The summed E-state index contributed by atoms with van der Waals surface area (Å²) in [6.07, 6.45) is 4.06. The molecular formula is C24H18N2O2. The Kier molecular flexibility index (Phi) is 4.57. The van der Waals surface area contributed by atoms with Crippen molar-refractivity contribution in [2.45, 2.75) is 5.92 Å². The average Bonchev–Trinajstić information content (AvgIpc) is 2.74. The second-order valence-corrected chi connectivity index (χ2v) is 6.58. The fraction of sp³-hybridized carbons (Fsp3) is 0.0417. The predicted octanol–water partition coefficient (Wildman–Crippen LogP) is 4.74. The molecule has 0 bridgehead atoms. The summed E-state index contributed by atoms with van der Waals surface area (Å²) in [4.78, 5) is 0. The van der Waals surface area contributed by atoms with Gasteiger partial charge in [0, 0.05) is 28.4 Å². The van der Waals surface area contributed by atoms with E-state index in [0.29, 0.717) is 16.7 Å². The minimum absolute atomic E-state index is 0.0850. The van der Waals surface area contributed by atoms with Crippen molar-refractivity contribution in [2.75, 3.05) is 0 Å². The molecule has 4 nitrogen and oxygen atoms in total. The molecule has 0 unspecified atom stereocenters. The summed E-state index contributed by atoms with van der Waals surface area (Å²) in [6.45, 7) is 0. The summed E-state index contributed by atoms with van der Waals surface area (Å²) in [5.74, 6) is 0.273. The SMILES string of the molecule is N#Cc1ccc(C2C=C(c3ccccc3O)NC(c3ccccc3O)=C2)cc1. The van der Waals surface area contributed by atoms with E-state index >= 15 is 0 Å². The maximum absolute atomic E-state index is 10.3. The van der Waals surface area contributed by atoms with E-state index in [1.807, 2.05) is 48.6 Å². The maximum atomic E-state index is 10.3. The molecule has 0 saturated carbocycles. The molecule has 3 aromatic carbocycles. The molecule has 3 aromatic rings. The quantitative estimate of drug-likeness (QED) is 0.626. The van der Waals surface area contributed by atoms with Crippen molar-refractivity contribution in [3.05, 3.63) is 107 Å². The zero-order valence-corrected chi connectivity index (χ0v) is 15.0. The number of nitrogens with zero attached hydrogens (tertiary/aromatic N) is 1. The third-order valence-corrected chi connectivity index (χ3v) is 4.77. The Morgan fingerprint density at radius 1 is 0.714 bits per heavy atom. The number of nitriles is 1. The molecule has 1 heterocycles. The molecule has 28 heavy (non-hydrogen) atoms. The van der Waals surface area contributed by atoms with Crippen molar-refractivity contribution >= 4 is 11.4 Å². The van der Waals surface area contributed by atoms with Gasteiger partial charge in [0.2, 0.25) is 0 Å². The van der Waals surface area contributed by atoms with E-state index in [1.165, 1.54) is 0 Å². The van der Waals surface area contributed by atoms with Crippen LogP contribution in [0.3, 0.4) is 0 Å². The summed E-state index contributed by atoms with van der Waals surface area (Å²) >= 11 is 0. The molecule has 0 spiro atoms. The molecule has 1 aliphatic heterocycles. The highest BCUT2D eigenvalue weighted by molar-refractivity contribution is 5.84. The van der Waals surface area contributed by atoms with Gasteiger partial charge in [-0.3, -0.25) is 0 Å². The Hall–Kier alpha value is -3.97. The van der Waals surface area contributed by atoms with Crippen molar-refractivity contribution < 1.29 is 10.2 Å². The number of phenols is 2. The van der Waals surface area contributed by atoms with Crippen LogP contribution in [0.1, 0.15) is 28.2 Å². The highest BCUT2D eigenvalue weighted by Gasteiger charge is 2.20. The van der Waals surface area contributed by atoms with Gasteiger partial charge in [0.15, 0.2) is 0 Å². The zero-order valence-electron chi connectivity index (χ0n) is 15.0. The first-order valence-electron chi connectivity index (χ1n) is 8.93. The van der Waals surface area contributed by atoms with E-state index in [2.05, 4.69) is 11.4 Å². The number of aromatic hydroxyl groups is 2. The Morgan fingerprint density at radius 2 is 1.21 bits per heavy atom. The highest BCUT2D eigenvalue weighted by Crippen LogP contribution is 2.36. The molecule has 0 saturated heterocycles. The Morgan fingerprint density at radius 3 is 1.68 bits per heavy atom. The lowest BCUT2D eigenvalue weighted by atomic mass is 9.90. The standard InChI is InChI=1S/C24H18N2O2/c25-15-16-9-11-17(12-10-16)18-13-21(19-5-1-3-7-23(19)27)26-22(14-18)20-6-2-4-8-24(20)28/h1-14,18,26-28H. The van der Waals surface area contributed by atoms with E-state index in [-0.39, 0.29) is 17.4 Å². The van der Waals surface area contributed by atoms with Crippen molar-refractivity contribution in [3.8, 4) is 17.6 Å². The van der Waals surface area contributed by atoms with Crippen molar-refractivity contribution in [1.82, 2.24) is 5.32 Å². The van der Waals surface area contributed by atoms with Gasteiger partial charge in [0.05, 0.1) is 11.6 Å². The Balaban J connectivity index is 1.82. The average molecular weight is 366 g/mol. The van der Waals surface area contributed by atoms with E-state index in [9.17, 15) is 10.2 Å². The number of benzene rings is 3. The lowest BCUT2D eigenvalue weighted by Gasteiger charge is -2.25.